The summed E-state index contributed by atoms with van der Waals surface area (Å²) in [6.45, 7) is -0.578. The van der Waals surface area contributed by atoms with Crippen molar-refractivity contribution in [3.05, 3.63) is 77.3 Å². The highest BCUT2D eigenvalue weighted by Gasteiger charge is 2.29. The maximum atomic E-state index is 13.6. The van der Waals surface area contributed by atoms with E-state index in [2.05, 4.69) is 10.1 Å². The first-order valence-electron chi connectivity index (χ1n) is 10.2. The van der Waals surface area contributed by atoms with E-state index in [-0.39, 0.29) is 32.6 Å². The number of rotatable bonds is 9. The van der Waals surface area contributed by atoms with E-state index >= 15 is 0 Å². The van der Waals surface area contributed by atoms with Gasteiger partial charge in [0.1, 0.15) is 18.0 Å². The fraction of sp³-hybridized carbons (Fsp3) is 0.167. The van der Waals surface area contributed by atoms with Crippen LogP contribution in [0.15, 0.2) is 71.6 Å². The van der Waals surface area contributed by atoms with Crippen molar-refractivity contribution in [3.63, 3.8) is 0 Å². The lowest BCUT2D eigenvalue weighted by Crippen LogP contribution is -2.38. The molecule has 0 unspecified atom stereocenters. The Morgan fingerprint density at radius 1 is 0.943 bits per heavy atom. The number of sulfonamides is 1. The molecule has 1 N–H and O–H groups in total. The molecule has 0 aromatic heterocycles. The van der Waals surface area contributed by atoms with Gasteiger partial charge in [-0.1, -0.05) is 23.7 Å². The molecule has 9 nitrogen and oxygen atoms in total. The van der Waals surface area contributed by atoms with Gasteiger partial charge in [-0.3, -0.25) is 9.10 Å². The molecule has 0 saturated carbocycles. The van der Waals surface area contributed by atoms with Crippen LogP contribution in [0.5, 0.6) is 11.5 Å². The van der Waals surface area contributed by atoms with Crippen LogP contribution in [0.4, 0.5) is 11.4 Å². The first kappa shape index (κ1) is 25.9. The first-order chi connectivity index (χ1) is 16.7. The number of hydrogen-bond donors (Lipinski definition) is 1. The zero-order valence-electron chi connectivity index (χ0n) is 19.1. The molecule has 0 aliphatic heterocycles. The largest absolute Gasteiger partial charge is 0.497 e. The van der Waals surface area contributed by atoms with Gasteiger partial charge < -0.3 is 19.5 Å². The van der Waals surface area contributed by atoms with Crippen molar-refractivity contribution in [3.8, 4) is 11.5 Å². The third-order valence-electron chi connectivity index (χ3n) is 4.94. The van der Waals surface area contributed by atoms with Gasteiger partial charge in [0, 0.05) is 5.69 Å². The van der Waals surface area contributed by atoms with Crippen LogP contribution in [0.2, 0.25) is 5.02 Å². The van der Waals surface area contributed by atoms with Crippen LogP contribution < -0.4 is 19.1 Å². The molecule has 0 radical (unpaired) electrons. The van der Waals surface area contributed by atoms with E-state index in [1.807, 2.05) is 0 Å². The van der Waals surface area contributed by atoms with E-state index in [0.29, 0.717) is 5.75 Å². The summed E-state index contributed by atoms with van der Waals surface area (Å²) in [5, 5.41) is 2.74. The summed E-state index contributed by atoms with van der Waals surface area (Å²) in [6.07, 6.45) is 0. The van der Waals surface area contributed by atoms with Crippen LogP contribution in [0.3, 0.4) is 0 Å². The third-order valence-corrected chi connectivity index (χ3v) is 7.05. The van der Waals surface area contributed by atoms with Crippen molar-refractivity contribution in [2.45, 2.75) is 4.90 Å². The Labute approximate surface area is 208 Å². The van der Waals surface area contributed by atoms with Crippen LogP contribution in [0, 0.1) is 0 Å². The van der Waals surface area contributed by atoms with E-state index in [9.17, 15) is 18.0 Å². The van der Waals surface area contributed by atoms with Gasteiger partial charge in [0.25, 0.3) is 10.0 Å². The molecular formula is C24H23ClN2O7S. The van der Waals surface area contributed by atoms with Gasteiger partial charge in [-0.25, -0.2) is 13.2 Å². The molecule has 0 bridgehead atoms. The maximum Gasteiger partial charge on any atom is 0.339 e. The molecule has 0 aliphatic carbocycles. The van der Waals surface area contributed by atoms with Gasteiger partial charge >= 0.3 is 5.97 Å². The fourth-order valence-corrected chi connectivity index (χ4v) is 4.84. The molecule has 3 aromatic carbocycles. The predicted molar refractivity (Wildman–Crippen MR) is 132 cm³/mol. The number of anilines is 2. The van der Waals surface area contributed by atoms with Crippen molar-refractivity contribution >= 4 is 44.9 Å². The Morgan fingerprint density at radius 3 is 2.26 bits per heavy atom. The van der Waals surface area contributed by atoms with Gasteiger partial charge in [0.2, 0.25) is 5.91 Å². The number of methoxy groups -OCH3 is 3. The van der Waals surface area contributed by atoms with Gasteiger partial charge in [-0.15, -0.1) is 0 Å². The summed E-state index contributed by atoms with van der Waals surface area (Å²) in [5.74, 6) is -0.596. The average molecular weight is 519 g/mol. The summed E-state index contributed by atoms with van der Waals surface area (Å²) in [4.78, 5) is 24.8. The van der Waals surface area contributed by atoms with Crippen LogP contribution in [-0.4, -0.2) is 48.2 Å². The van der Waals surface area contributed by atoms with Crippen LogP contribution >= 0.6 is 11.6 Å². The second kappa shape index (κ2) is 11.1. The molecule has 11 heteroatoms. The molecule has 184 valence electrons. The number of esters is 1. The molecule has 0 heterocycles. The Kier molecular flexibility index (Phi) is 8.21. The van der Waals surface area contributed by atoms with Crippen molar-refractivity contribution in [1.82, 2.24) is 0 Å². The normalized spacial score (nSPS) is 10.9. The Hall–Kier alpha value is -3.76. The number of para-hydroxylation sites is 2. The number of nitrogens with one attached hydrogen (secondary N) is 1. The Balaban J connectivity index is 1.97. The molecule has 0 aliphatic rings. The van der Waals surface area contributed by atoms with Crippen molar-refractivity contribution < 1.29 is 32.2 Å². The summed E-state index contributed by atoms with van der Waals surface area (Å²) >= 11 is 6.03. The van der Waals surface area contributed by atoms with Crippen LogP contribution in [-0.2, 0) is 19.6 Å². The molecule has 1 amide bonds. The van der Waals surface area contributed by atoms with Crippen LogP contribution in [0.1, 0.15) is 10.4 Å². The van der Waals surface area contributed by atoms with E-state index in [1.165, 1.54) is 69.9 Å². The Morgan fingerprint density at radius 2 is 1.63 bits per heavy atom. The minimum absolute atomic E-state index is 0.0449. The second-order valence-electron chi connectivity index (χ2n) is 7.09. The summed E-state index contributed by atoms with van der Waals surface area (Å²) in [6, 6.07) is 16.5. The standard InChI is InChI=1S/C24H23ClN2O7S/c1-32-17-9-11-18(12-10-17)35(30,31)27(21-6-4-5-7-22(21)33-2)15-23(28)26-16-8-13-20(25)19(14-16)24(29)34-3/h4-14H,15H2,1-3H3,(H,26,28). The van der Waals surface area contributed by atoms with E-state index in [4.69, 9.17) is 21.1 Å². The van der Waals surface area contributed by atoms with E-state index in [1.54, 1.807) is 18.2 Å². The van der Waals surface area contributed by atoms with E-state index < -0.39 is 28.4 Å². The molecule has 35 heavy (non-hydrogen) atoms. The minimum Gasteiger partial charge on any atom is -0.497 e. The summed E-state index contributed by atoms with van der Waals surface area (Å²) < 4.78 is 43.2. The molecular weight excluding hydrogens is 496 g/mol. The van der Waals surface area contributed by atoms with Crippen molar-refractivity contribution in [2.24, 2.45) is 0 Å². The van der Waals surface area contributed by atoms with Gasteiger partial charge in [0.15, 0.2) is 0 Å². The fourth-order valence-electron chi connectivity index (χ4n) is 3.21. The van der Waals surface area contributed by atoms with Crippen molar-refractivity contribution in [1.29, 1.82) is 0 Å². The summed E-state index contributed by atoms with van der Waals surface area (Å²) in [7, 11) is -0.111. The number of nitrogens with zero attached hydrogens (tertiary/aromatic N) is 1. The Bertz CT molecular complexity index is 1330. The van der Waals surface area contributed by atoms with Gasteiger partial charge in [-0.2, -0.15) is 0 Å². The third kappa shape index (κ3) is 5.84. The average Bonchev–Trinajstić information content (AvgIpc) is 2.87. The summed E-state index contributed by atoms with van der Waals surface area (Å²) in [5.41, 5.74) is 0.466. The SMILES string of the molecule is COC(=O)c1cc(NC(=O)CN(c2ccccc2OC)S(=O)(=O)c2ccc(OC)cc2)ccc1Cl. The second-order valence-corrected chi connectivity index (χ2v) is 9.36. The lowest BCUT2D eigenvalue weighted by molar-refractivity contribution is -0.114. The molecule has 3 rings (SSSR count). The molecule has 0 atom stereocenters. The van der Waals surface area contributed by atoms with E-state index in [0.717, 1.165) is 4.31 Å². The van der Waals surface area contributed by atoms with Crippen molar-refractivity contribution in [2.75, 3.05) is 37.5 Å². The topological polar surface area (TPSA) is 111 Å². The smallest absolute Gasteiger partial charge is 0.339 e. The van der Waals surface area contributed by atoms with Gasteiger partial charge in [-0.05, 0) is 54.6 Å². The number of ether oxygens (including phenoxy) is 3. The number of carbonyl (C=O) groups excluding carboxylic acids is 2. The maximum absolute atomic E-state index is 13.6. The zero-order chi connectivity index (χ0) is 25.6. The highest BCUT2D eigenvalue weighted by Crippen LogP contribution is 2.32. The minimum atomic E-state index is -4.19. The number of halogens is 1. The number of amides is 1. The van der Waals surface area contributed by atoms with Gasteiger partial charge in [0.05, 0.1) is 42.5 Å². The molecule has 3 aromatic rings. The highest BCUT2D eigenvalue weighted by molar-refractivity contribution is 7.92. The predicted octanol–water partition coefficient (Wildman–Crippen LogP) is 3.98. The quantitative estimate of drug-likeness (QED) is 0.426. The zero-order valence-corrected chi connectivity index (χ0v) is 20.7. The molecule has 0 fully saturated rings. The lowest BCUT2D eigenvalue weighted by Gasteiger charge is -2.25. The highest BCUT2D eigenvalue weighted by atomic mass is 35.5. The molecule has 0 saturated heterocycles. The molecule has 0 spiro atoms. The number of benzene rings is 3. The lowest BCUT2D eigenvalue weighted by atomic mass is 10.2. The monoisotopic (exact) mass is 518 g/mol. The first-order valence-corrected chi connectivity index (χ1v) is 12.0. The number of carbonyl (C=O) groups is 2. The number of hydrogen-bond acceptors (Lipinski definition) is 7. The van der Waals surface area contributed by atoms with Crippen LogP contribution in [0.25, 0.3) is 0 Å².